The van der Waals surface area contributed by atoms with Gasteiger partial charge in [0.1, 0.15) is 18.1 Å². The van der Waals surface area contributed by atoms with Gasteiger partial charge in [-0.2, -0.15) is 0 Å². The average Bonchev–Trinajstić information content (AvgIpc) is 2.72. The van der Waals surface area contributed by atoms with Crippen LogP contribution in [-0.2, 0) is 13.2 Å². The normalized spacial score (nSPS) is 10.3. The molecule has 0 radical (unpaired) electrons. The van der Waals surface area contributed by atoms with E-state index in [2.05, 4.69) is 5.32 Å². The molecule has 0 saturated heterocycles. The first-order chi connectivity index (χ1) is 13.2. The summed E-state index contributed by atoms with van der Waals surface area (Å²) in [6.45, 7) is 0.770. The molecular formula is C22H20ClNO3. The fourth-order valence-electron chi connectivity index (χ4n) is 2.61. The molecule has 0 aliphatic carbocycles. The number of halogens is 1. The minimum absolute atomic E-state index is 0.154. The molecule has 0 aliphatic rings. The molecule has 3 aromatic carbocycles. The van der Waals surface area contributed by atoms with Gasteiger partial charge in [0.15, 0.2) is 0 Å². The monoisotopic (exact) mass is 381 g/mol. The zero-order valence-corrected chi connectivity index (χ0v) is 15.7. The predicted molar refractivity (Wildman–Crippen MR) is 106 cm³/mol. The summed E-state index contributed by atoms with van der Waals surface area (Å²) in [6.07, 6.45) is 0. The van der Waals surface area contributed by atoms with Crippen LogP contribution < -0.4 is 14.8 Å². The zero-order valence-electron chi connectivity index (χ0n) is 14.9. The van der Waals surface area contributed by atoms with Crippen LogP contribution >= 0.6 is 11.6 Å². The van der Waals surface area contributed by atoms with Crippen LogP contribution in [0.4, 0.5) is 0 Å². The van der Waals surface area contributed by atoms with E-state index in [0.29, 0.717) is 29.5 Å². The highest BCUT2D eigenvalue weighted by Crippen LogP contribution is 2.20. The molecule has 0 fully saturated rings. The van der Waals surface area contributed by atoms with E-state index in [4.69, 9.17) is 21.1 Å². The quantitative estimate of drug-likeness (QED) is 0.636. The van der Waals surface area contributed by atoms with Gasteiger partial charge in [0, 0.05) is 28.3 Å². The second kappa shape index (κ2) is 9.10. The van der Waals surface area contributed by atoms with Crippen molar-refractivity contribution in [2.24, 2.45) is 0 Å². The minimum atomic E-state index is -0.154. The van der Waals surface area contributed by atoms with E-state index < -0.39 is 0 Å². The third-order valence-corrected chi connectivity index (χ3v) is 4.47. The number of rotatable bonds is 7. The SMILES string of the molecule is COc1ccccc1CNC(=O)c1ccc(OCc2ccccc2Cl)cc1. The summed E-state index contributed by atoms with van der Waals surface area (Å²) in [6, 6.07) is 22.2. The van der Waals surface area contributed by atoms with E-state index in [0.717, 1.165) is 16.9 Å². The first-order valence-corrected chi connectivity index (χ1v) is 8.91. The first-order valence-electron chi connectivity index (χ1n) is 8.54. The fraction of sp³-hybridized carbons (Fsp3) is 0.136. The Kier molecular flexibility index (Phi) is 6.34. The van der Waals surface area contributed by atoms with Crippen LogP contribution in [0.3, 0.4) is 0 Å². The van der Waals surface area contributed by atoms with E-state index >= 15 is 0 Å². The van der Waals surface area contributed by atoms with Gasteiger partial charge in [-0.15, -0.1) is 0 Å². The number of benzene rings is 3. The van der Waals surface area contributed by atoms with Crippen LogP contribution in [0.25, 0.3) is 0 Å². The Balaban J connectivity index is 1.56. The number of amides is 1. The molecular weight excluding hydrogens is 362 g/mol. The van der Waals surface area contributed by atoms with Crippen molar-refractivity contribution in [3.8, 4) is 11.5 Å². The number of nitrogens with one attached hydrogen (secondary N) is 1. The smallest absolute Gasteiger partial charge is 0.251 e. The topological polar surface area (TPSA) is 47.6 Å². The summed E-state index contributed by atoms with van der Waals surface area (Å²) < 4.78 is 11.0. The fourth-order valence-corrected chi connectivity index (χ4v) is 2.80. The van der Waals surface area contributed by atoms with Crippen LogP contribution in [0.15, 0.2) is 72.8 Å². The molecule has 0 aromatic heterocycles. The van der Waals surface area contributed by atoms with Crippen LogP contribution in [0.2, 0.25) is 5.02 Å². The molecule has 0 spiro atoms. The maximum absolute atomic E-state index is 12.3. The van der Waals surface area contributed by atoms with Crippen LogP contribution in [-0.4, -0.2) is 13.0 Å². The Morgan fingerprint density at radius 3 is 2.30 bits per heavy atom. The van der Waals surface area contributed by atoms with Crippen molar-refractivity contribution >= 4 is 17.5 Å². The Hall–Kier alpha value is -2.98. The van der Waals surface area contributed by atoms with E-state index in [-0.39, 0.29) is 5.91 Å². The second-order valence-corrected chi connectivity index (χ2v) is 6.31. The molecule has 0 unspecified atom stereocenters. The van der Waals surface area contributed by atoms with Crippen LogP contribution in [0.1, 0.15) is 21.5 Å². The van der Waals surface area contributed by atoms with Crippen molar-refractivity contribution < 1.29 is 14.3 Å². The van der Waals surface area contributed by atoms with E-state index in [9.17, 15) is 4.79 Å². The van der Waals surface area contributed by atoms with Gasteiger partial charge in [0.2, 0.25) is 0 Å². The van der Waals surface area contributed by atoms with Gasteiger partial charge in [0.05, 0.1) is 7.11 Å². The highest BCUT2D eigenvalue weighted by molar-refractivity contribution is 6.31. The van der Waals surface area contributed by atoms with Crippen molar-refractivity contribution in [3.05, 3.63) is 94.5 Å². The lowest BCUT2D eigenvalue weighted by Crippen LogP contribution is -2.22. The number of methoxy groups -OCH3 is 1. The Labute approximate surface area is 163 Å². The largest absolute Gasteiger partial charge is 0.496 e. The number of carbonyl (C=O) groups excluding carboxylic acids is 1. The summed E-state index contributed by atoms with van der Waals surface area (Å²) in [5.41, 5.74) is 2.40. The molecule has 138 valence electrons. The summed E-state index contributed by atoms with van der Waals surface area (Å²) in [5.74, 6) is 1.27. The lowest BCUT2D eigenvalue weighted by atomic mass is 10.1. The van der Waals surface area contributed by atoms with Crippen molar-refractivity contribution in [1.82, 2.24) is 5.32 Å². The van der Waals surface area contributed by atoms with E-state index in [1.54, 1.807) is 31.4 Å². The van der Waals surface area contributed by atoms with Crippen molar-refractivity contribution in [2.45, 2.75) is 13.2 Å². The Morgan fingerprint density at radius 1 is 0.926 bits per heavy atom. The van der Waals surface area contributed by atoms with Crippen molar-refractivity contribution in [1.29, 1.82) is 0 Å². The maximum atomic E-state index is 12.3. The third kappa shape index (κ3) is 5.02. The van der Waals surface area contributed by atoms with Gasteiger partial charge in [-0.25, -0.2) is 0 Å². The molecule has 0 heterocycles. The van der Waals surface area contributed by atoms with Crippen molar-refractivity contribution in [3.63, 3.8) is 0 Å². The highest BCUT2D eigenvalue weighted by Gasteiger charge is 2.08. The van der Waals surface area contributed by atoms with Gasteiger partial charge in [-0.05, 0) is 36.4 Å². The maximum Gasteiger partial charge on any atom is 0.251 e. The van der Waals surface area contributed by atoms with Gasteiger partial charge >= 0.3 is 0 Å². The molecule has 1 amide bonds. The first kappa shape index (κ1) is 18.8. The summed E-state index contributed by atoms with van der Waals surface area (Å²) in [4.78, 5) is 12.3. The summed E-state index contributed by atoms with van der Waals surface area (Å²) in [5, 5.41) is 3.57. The van der Waals surface area contributed by atoms with Gasteiger partial charge < -0.3 is 14.8 Å². The molecule has 0 bridgehead atoms. The lowest BCUT2D eigenvalue weighted by molar-refractivity contribution is 0.0950. The lowest BCUT2D eigenvalue weighted by Gasteiger charge is -2.10. The minimum Gasteiger partial charge on any atom is -0.496 e. The highest BCUT2D eigenvalue weighted by atomic mass is 35.5. The van der Waals surface area contributed by atoms with Gasteiger partial charge in [-0.3, -0.25) is 4.79 Å². The average molecular weight is 382 g/mol. The summed E-state index contributed by atoms with van der Waals surface area (Å²) in [7, 11) is 1.61. The Morgan fingerprint density at radius 2 is 1.59 bits per heavy atom. The molecule has 0 aliphatic heterocycles. The van der Waals surface area contributed by atoms with Crippen LogP contribution in [0.5, 0.6) is 11.5 Å². The molecule has 5 heteroatoms. The molecule has 1 N–H and O–H groups in total. The van der Waals surface area contributed by atoms with E-state index in [1.165, 1.54) is 0 Å². The number of hydrogen-bond acceptors (Lipinski definition) is 3. The van der Waals surface area contributed by atoms with Gasteiger partial charge in [-0.1, -0.05) is 48.0 Å². The zero-order chi connectivity index (χ0) is 19.1. The number of hydrogen-bond donors (Lipinski definition) is 1. The molecule has 3 rings (SSSR count). The van der Waals surface area contributed by atoms with E-state index in [1.807, 2.05) is 48.5 Å². The predicted octanol–water partition coefficient (Wildman–Crippen LogP) is 4.86. The second-order valence-electron chi connectivity index (χ2n) is 5.90. The third-order valence-electron chi connectivity index (χ3n) is 4.10. The molecule has 0 saturated carbocycles. The van der Waals surface area contributed by atoms with Crippen molar-refractivity contribution in [2.75, 3.05) is 7.11 Å². The summed E-state index contributed by atoms with van der Waals surface area (Å²) >= 11 is 6.12. The number of ether oxygens (including phenoxy) is 2. The number of carbonyl (C=O) groups is 1. The number of para-hydroxylation sites is 1. The van der Waals surface area contributed by atoms with Crippen LogP contribution in [0, 0.1) is 0 Å². The molecule has 27 heavy (non-hydrogen) atoms. The Bertz CT molecular complexity index is 909. The standard InChI is InChI=1S/C22H20ClNO3/c1-26-21-9-5-3-6-17(21)14-24-22(25)16-10-12-19(13-11-16)27-15-18-7-2-4-8-20(18)23/h2-13H,14-15H2,1H3,(H,24,25). The van der Waals surface area contributed by atoms with Gasteiger partial charge in [0.25, 0.3) is 5.91 Å². The molecule has 3 aromatic rings. The molecule has 0 atom stereocenters. The molecule has 4 nitrogen and oxygen atoms in total.